The van der Waals surface area contributed by atoms with Crippen molar-refractivity contribution in [3.05, 3.63) is 62.9 Å². The van der Waals surface area contributed by atoms with Crippen LogP contribution in [0.5, 0.6) is 0 Å². The third kappa shape index (κ3) is 3.86. The van der Waals surface area contributed by atoms with E-state index in [1.54, 1.807) is 24.9 Å². The molecular weight excluding hydrogens is 404 g/mol. The van der Waals surface area contributed by atoms with Gasteiger partial charge in [-0.3, -0.25) is 14.4 Å². The quantitative estimate of drug-likeness (QED) is 0.686. The van der Waals surface area contributed by atoms with Crippen molar-refractivity contribution in [1.82, 2.24) is 20.0 Å². The van der Waals surface area contributed by atoms with Crippen LogP contribution in [0.2, 0.25) is 0 Å². The molecule has 0 bridgehead atoms. The van der Waals surface area contributed by atoms with E-state index in [9.17, 15) is 14.4 Å². The van der Waals surface area contributed by atoms with Gasteiger partial charge in [0.15, 0.2) is 0 Å². The fraction of sp³-hybridized carbons (Fsp3) is 0.333. The average Bonchev–Trinajstić information content (AvgIpc) is 3.15. The zero-order valence-corrected chi connectivity index (χ0v) is 17.6. The van der Waals surface area contributed by atoms with Crippen molar-refractivity contribution in [2.45, 2.75) is 19.6 Å². The first kappa shape index (κ1) is 20.2. The van der Waals surface area contributed by atoms with E-state index < -0.39 is 6.10 Å². The Hall–Kier alpha value is -3.04. The number of thiophene rings is 1. The lowest BCUT2D eigenvalue weighted by Gasteiger charge is -2.33. The van der Waals surface area contributed by atoms with E-state index in [4.69, 9.17) is 4.74 Å². The highest BCUT2D eigenvalue weighted by molar-refractivity contribution is 7.21. The van der Waals surface area contributed by atoms with E-state index in [-0.39, 0.29) is 23.9 Å². The van der Waals surface area contributed by atoms with E-state index in [0.717, 1.165) is 15.6 Å². The normalized spacial score (nSPS) is 16.6. The van der Waals surface area contributed by atoms with Crippen LogP contribution in [0.4, 0.5) is 0 Å². The summed E-state index contributed by atoms with van der Waals surface area (Å²) in [6, 6.07) is 10.8. The Morgan fingerprint density at radius 3 is 2.87 bits per heavy atom. The molecule has 9 heteroatoms. The van der Waals surface area contributed by atoms with Gasteiger partial charge in [-0.2, -0.15) is 5.10 Å². The number of carbonyl (C=O) groups excluding carboxylic acids is 2. The Morgan fingerprint density at radius 1 is 1.27 bits per heavy atom. The smallest absolute Gasteiger partial charge is 0.267 e. The first-order chi connectivity index (χ1) is 14.5. The Balaban J connectivity index is 1.61. The van der Waals surface area contributed by atoms with Gasteiger partial charge in [0.25, 0.3) is 11.5 Å². The molecule has 1 N–H and O–H groups in total. The zero-order chi connectivity index (χ0) is 21.3. The Morgan fingerprint density at radius 2 is 2.07 bits per heavy atom. The number of hydrogen-bond acceptors (Lipinski definition) is 6. The number of rotatable bonds is 4. The molecule has 0 radical (unpaired) electrons. The molecule has 1 saturated heterocycles. The second-order valence-electron chi connectivity index (χ2n) is 7.09. The van der Waals surface area contributed by atoms with Gasteiger partial charge in [0.1, 0.15) is 12.6 Å². The molecule has 30 heavy (non-hydrogen) atoms. The maximum absolute atomic E-state index is 12.9. The number of aryl methyl sites for hydroxylation is 1. The van der Waals surface area contributed by atoms with Crippen LogP contribution in [0.3, 0.4) is 0 Å². The number of aromatic nitrogens is 2. The number of amides is 2. The lowest BCUT2D eigenvalue weighted by molar-refractivity contribution is -0.139. The van der Waals surface area contributed by atoms with E-state index >= 15 is 0 Å². The summed E-state index contributed by atoms with van der Waals surface area (Å²) in [4.78, 5) is 39.6. The van der Waals surface area contributed by atoms with Crippen LogP contribution in [0, 0.1) is 6.92 Å². The molecule has 1 aromatic carbocycles. The molecule has 0 aliphatic carbocycles. The molecular formula is C21H22N4O4S. The Bertz CT molecular complexity index is 1170. The number of fused-ring (bicyclic) bond motifs is 1. The number of morpholine rings is 1. The minimum absolute atomic E-state index is 0.125. The second kappa shape index (κ2) is 8.37. The zero-order valence-electron chi connectivity index (χ0n) is 16.8. The third-order valence-corrected chi connectivity index (χ3v) is 6.28. The summed E-state index contributed by atoms with van der Waals surface area (Å²) < 4.78 is 8.16. The van der Waals surface area contributed by atoms with Gasteiger partial charge < -0.3 is 15.0 Å². The van der Waals surface area contributed by atoms with Gasteiger partial charge >= 0.3 is 0 Å². The molecule has 2 aromatic heterocycles. The summed E-state index contributed by atoms with van der Waals surface area (Å²) in [7, 11) is 1.60. The fourth-order valence-corrected chi connectivity index (χ4v) is 4.81. The molecule has 8 nitrogen and oxygen atoms in total. The molecule has 1 fully saturated rings. The summed E-state index contributed by atoms with van der Waals surface area (Å²) in [6.45, 7) is 2.73. The lowest BCUT2D eigenvalue weighted by Crippen LogP contribution is -2.45. The highest BCUT2D eigenvalue weighted by atomic mass is 32.1. The van der Waals surface area contributed by atoms with Crippen molar-refractivity contribution in [2.75, 3.05) is 26.7 Å². The van der Waals surface area contributed by atoms with E-state index in [1.807, 2.05) is 24.3 Å². The lowest BCUT2D eigenvalue weighted by atomic mass is 10.0. The predicted octanol–water partition coefficient (Wildman–Crippen LogP) is 1.73. The minimum atomic E-state index is -0.423. The molecule has 1 unspecified atom stereocenters. The van der Waals surface area contributed by atoms with Crippen LogP contribution in [0.15, 0.2) is 41.2 Å². The molecule has 1 aliphatic heterocycles. The van der Waals surface area contributed by atoms with Gasteiger partial charge in [0, 0.05) is 29.9 Å². The highest BCUT2D eigenvalue weighted by Gasteiger charge is 2.31. The van der Waals surface area contributed by atoms with E-state index in [1.165, 1.54) is 22.1 Å². The highest BCUT2D eigenvalue weighted by Crippen LogP contribution is 2.38. The first-order valence-electron chi connectivity index (χ1n) is 9.65. The van der Waals surface area contributed by atoms with Crippen molar-refractivity contribution >= 4 is 33.2 Å². The van der Waals surface area contributed by atoms with Crippen molar-refractivity contribution in [1.29, 1.82) is 0 Å². The molecule has 2 amide bonds. The van der Waals surface area contributed by atoms with Gasteiger partial charge in [-0.05, 0) is 24.4 Å². The summed E-state index contributed by atoms with van der Waals surface area (Å²) in [5.41, 5.74) is 1.16. The first-order valence-corrected chi connectivity index (χ1v) is 10.5. The standard InChI is InChI=1S/C21H22N4O4S/c1-13-7-8-17(26)25(23-13)12-18(27)24-9-10-29-15(11-24)19-14-5-3-4-6-16(14)30-20(19)21(28)22-2/h3-8,15H,9-12H2,1-2H3,(H,22,28). The van der Waals surface area contributed by atoms with Gasteiger partial charge in [-0.25, -0.2) is 4.68 Å². The summed E-state index contributed by atoms with van der Waals surface area (Å²) in [6.07, 6.45) is -0.423. The predicted molar refractivity (Wildman–Crippen MR) is 114 cm³/mol. The molecule has 0 spiro atoms. The van der Waals surface area contributed by atoms with Crippen molar-refractivity contribution in [3.8, 4) is 0 Å². The summed E-state index contributed by atoms with van der Waals surface area (Å²) >= 11 is 1.42. The fourth-order valence-electron chi connectivity index (χ4n) is 3.61. The maximum Gasteiger partial charge on any atom is 0.267 e. The number of hydrogen-bond donors (Lipinski definition) is 1. The topological polar surface area (TPSA) is 93.5 Å². The van der Waals surface area contributed by atoms with Crippen LogP contribution in [-0.2, 0) is 16.1 Å². The summed E-state index contributed by atoms with van der Waals surface area (Å²) in [5.74, 6) is -0.377. The van der Waals surface area contributed by atoms with Crippen LogP contribution < -0.4 is 10.9 Å². The number of carbonyl (C=O) groups is 2. The minimum Gasteiger partial charge on any atom is -0.370 e. The van der Waals surface area contributed by atoms with E-state index in [2.05, 4.69) is 10.4 Å². The van der Waals surface area contributed by atoms with Gasteiger partial charge in [0.05, 0.1) is 23.7 Å². The molecule has 3 heterocycles. The van der Waals surface area contributed by atoms with E-state index in [0.29, 0.717) is 30.3 Å². The second-order valence-corrected chi connectivity index (χ2v) is 8.14. The molecule has 1 aliphatic rings. The molecule has 3 aromatic rings. The molecule has 1 atom stereocenters. The Kier molecular flexibility index (Phi) is 5.65. The van der Waals surface area contributed by atoms with Crippen molar-refractivity contribution in [2.24, 2.45) is 0 Å². The van der Waals surface area contributed by atoms with Gasteiger partial charge in [0.2, 0.25) is 5.91 Å². The van der Waals surface area contributed by atoms with Gasteiger partial charge in [-0.15, -0.1) is 11.3 Å². The average molecular weight is 426 g/mol. The molecule has 0 saturated carbocycles. The van der Waals surface area contributed by atoms with Crippen LogP contribution in [0.1, 0.15) is 27.0 Å². The van der Waals surface area contributed by atoms with Gasteiger partial charge in [-0.1, -0.05) is 18.2 Å². The Labute approximate surface area is 177 Å². The van der Waals surface area contributed by atoms with Crippen LogP contribution >= 0.6 is 11.3 Å². The van der Waals surface area contributed by atoms with Crippen LogP contribution in [-0.4, -0.2) is 53.2 Å². The van der Waals surface area contributed by atoms with Crippen LogP contribution in [0.25, 0.3) is 10.1 Å². The monoisotopic (exact) mass is 426 g/mol. The number of ether oxygens (including phenoxy) is 1. The summed E-state index contributed by atoms with van der Waals surface area (Å²) in [5, 5.41) is 7.78. The SMILES string of the molecule is CNC(=O)c1sc2ccccc2c1C1CN(C(=O)Cn2nc(C)ccc2=O)CCO1. The number of benzene rings is 1. The van der Waals surface area contributed by atoms with Crippen molar-refractivity contribution in [3.63, 3.8) is 0 Å². The number of nitrogens with zero attached hydrogens (tertiary/aromatic N) is 3. The molecule has 156 valence electrons. The molecule has 4 rings (SSSR count). The number of nitrogens with one attached hydrogen (secondary N) is 1. The maximum atomic E-state index is 12.9. The third-order valence-electron chi connectivity index (χ3n) is 5.09. The largest absolute Gasteiger partial charge is 0.370 e. The van der Waals surface area contributed by atoms with Crippen molar-refractivity contribution < 1.29 is 14.3 Å².